The molecule has 44 heavy (non-hydrogen) atoms. The number of fused-ring (bicyclic) bond motifs is 6. The van der Waals surface area contributed by atoms with E-state index >= 15 is 0 Å². The van der Waals surface area contributed by atoms with Gasteiger partial charge in [-0.15, -0.1) is 22.7 Å². The first-order chi connectivity index (χ1) is 21.8. The number of thiazole rings is 1. The normalized spacial score (nSPS) is 15.0. The summed E-state index contributed by atoms with van der Waals surface area (Å²) in [4.78, 5) is 15.3. The number of rotatable bonds is 4. The molecule has 1 atom stereocenters. The number of hydrogen-bond acceptors (Lipinski definition) is 6. The van der Waals surface area contributed by atoms with E-state index in [0.717, 1.165) is 43.8 Å². The minimum Gasteiger partial charge on any atom is -0.344 e. The average Bonchev–Trinajstić information content (AvgIpc) is 3.71. The molecule has 2 aromatic heterocycles. The SMILES string of the molecule is c1ccc(C2=NC(c3ccc4c(ccc5sc(-c6cccc7c6sc6ccccc67)nc54)c3)=NC(c3ccccc3)N2)cc1. The highest BCUT2D eigenvalue weighted by Crippen LogP contribution is 2.42. The van der Waals surface area contributed by atoms with Gasteiger partial charge in [0.15, 0.2) is 5.84 Å². The predicted octanol–water partition coefficient (Wildman–Crippen LogP) is 9.98. The first-order valence-corrected chi connectivity index (χ1v) is 16.2. The van der Waals surface area contributed by atoms with Gasteiger partial charge in [-0.1, -0.05) is 115 Å². The molecule has 3 heterocycles. The highest BCUT2D eigenvalue weighted by molar-refractivity contribution is 7.27. The number of nitrogens with zero attached hydrogens (tertiary/aromatic N) is 3. The zero-order chi connectivity index (χ0) is 29.0. The highest BCUT2D eigenvalue weighted by atomic mass is 32.1. The minimum absolute atomic E-state index is 0.227. The summed E-state index contributed by atoms with van der Waals surface area (Å²) in [6, 6.07) is 46.7. The zero-order valence-corrected chi connectivity index (χ0v) is 25.1. The van der Waals surface area contributed by atoms with Crippen LogP contribution in [-0.4, -0.2) is 16.7 Å². The van der Waals surface area contributed by atoms with Crippen LogP contribution in [0.1, 0.15) is 22.9 Å². The van der Waals surface area contributed by atoms with Crippen LogP contribution in [-0.2, 0) is 0 Å². The summed E-state index contributed by atoms with van der Waals surface area (Å²) < 4.78 is 3.79. The largest absolute Gasteiger partial charge is 0.344 e. The van der Waals surface area contributed by atoms with E-state index < -0.39 is 0 Å². The highest BCUT2D eigenvalue weighted by Gasteiger charge is 2.21. The lowest BCUT2D eigenvalue weighted by Crippen LogP contribution is -2.33. The van der Waals surface area contributed by atoms with E-state index in [0.29, 0.717) is 5.84 Å². The summed E-state index contributed by atoms with van der Waals surface area (Å²) in [6.07, 6.45) is -0.227. The van der Waals surface area contributed by atoms with Crippen molar-refractivity contribution in [1.82, 2.24) is 10.3 Å². The number of benzene rings is 6. The van der Waals surface area contributed by atoms with Crippen molar-refractivity contribution < 1.29 is 0 Å². The molecule has 0 saturated carbocycles. The molecular formula is C38H24N4S2. The number of aliphatic imine (C=N–C) groups is 2. The van der Waals surface area contributed by atoms with Crippen molar-refractivity contribution in [1.29, 1.82) is 0 Å². The van der Waals surface area contributed by atoms with E-state index in [1.165, 1.54) is 30.4 Å². The molecule has 0 bridgehead atoms. The molecule has 8 aromatic rings. The van der Waals surface area contributed by atoms with E-state index in [9.17, 15) is 0 Å². The standard InChI is InChI=1S/C38H24N4S2/c1-3-10-23(11-4-1)35-40-36(24-12-5-2-6-13-24)42-37(41-35)26-18-20-27-25(22-26)19-21-32-33(27)39-38(44-32)30-16-9-15-29-28-14-7-8-17-31(28)43-34(29)30/h1-22,35H,(H,40,41,42). The molecule has 208 valence electrons. The Morgan fingerprint density at radius 3 is 2.27 bits per heavy atom. The van der Waals surface area contributed by atoms with Crippen LogP contribution in [0.2, 0.25) is 0 Å². The van der Waals surface area contributed by atoms with Gasteiger partial charge in [-0.25, -0.2) is 15.0 Å². The van der Waals surface area contributed by atoms with Gasteiger partial charge in [0, 0.05) is 42.2 Å². The summed E-state index contributed by atoms with van der Waals surface area (Å²) in [5.74, 6) is 1.54. The summed E-state index contributed by atoms with van der Waals surface area (Å²) in [7, 11) is 0. The average molecular weight is 601 g/mol. The van der Waals surface area contributed by atoms with Crippen molar-refractivity contribution in [2.75, 3.05) is 0 Å². The molecule has 1 aliphatic heterocycles. The number of hydrogen-bond donors (Lipinski definition) is 1. The fourth-order valence-electron chi connectivity index (χ4n) is 6.02. The van der Waals surface area contributed by atoms with Gasteiger partial charge in [-0.3, -0.25) is 0 Å². The lowest BCUT2D eigenvalue weighted by Gasteiger charge is -2.23. The fourth-order valence-corrected chi connectivity index (χ4v) is 8.31. The summed E-state index contributed by atoms with van der Waals surface area (Å²) in [5.41, 5.74) is 5.35. The van der Waals surface area contributed by atoms with Crippen molar-refractivity contribution in [3.8, 4) is 10.6 Å². The Morgan fingerprint density at radius 1 is 0.591 bits per heavy atom. The van der Waals surface area contributed by atoms with Crippen LogP contribution in [0.25, 0.3) is 51.7 Å². The predicted molar refractivity (Wildman–Crippen MR) is 187 cm³/mol. The summed E-state index contributed by atoms with van der Waals surface area (Å²) in [6.45, 7) is 0. The molecule has 0 radical (unpaired) electrons. The zero-order valence-electron chi connectivity index (χ0n) is 23.4. The molecule has 4 nitrogen and oxygen atoms in total. The first kappa shape index (κ1) is 25.3. The van der Waals surface area contributed by atoms with E-state index in [1.807, 2.05) is 47.7 Å². The van der Waals surface area contributed by atoms with Gasteiger partial charge in [0.25, 0.3) is 0 Å². The van der Waals surface area contributed by atoms with Crippen LogP contribution in [0.5, 0.6) is 0 Å². The molecule has 0 fully saturated rings. The van der Waals surface area contributed by atoms with Gasteiger partial charge in [0.2, 0.25) is 0 Å². The van der Waals surface area contributed by atoms with Crippen LogP contribution in [0.4, 0.5) is 0 Å². The van der Waals surface area contributed by atoms with E-state index in [4.69, 9.17) is 15.0 Å². The third-order valence-corrected chi connectivity index (χ3v) is 10.4. The Kier molecular flexibility index (Phi) is 5.89. The van der Waals surface area contributed by atoms with Gasteiger partial charge >= 0.3 is 0 Å². The van der Waals surface area contributed by atoms with Gasteiger partial charge < -0.3 is 5.32 Å². The lowest BCUT2D eigenvalue weighted by molar-refractivity contribution is 0.674. The smallest absolute Gasteiger partial charge is 0.159 e. The molecule has 0 amide bonds. The van der Waals surface area contributed by atoms with E-state index in [2.05, 4.69) is 102 Å². The third kappa shape index (κ3) is 4.22. The summed E-state index contributed by atoms with van der Waals surface area (Å²) >= 11 is 3.61. The van der Waals surface area contributed by atoms with Crippen LogP contribution in [0.3, 0.4) is 0 Å². The number of aromatic nitrogens is 1. The lowest BCUT2D eigenvalue weighted by atomic mass is 10.0. The Balaban J connectivity index is 1.15. The van der Waals surface area contributed by atoms with Crippen molar-refractivity contribution >= 4 is 75.5 Å². The first-order valence-electron chi connectivity index (χ1n) is 14.6. The van der Waals surface area contributed by atoms with Crippen molar-refractivity contribution in [2.24, 2.45) is 9.98 Å². The van der Waals surface area contributed by atoms with Gasteiger partial charge in [-0.2, -0.15) is 0 Å². The molecule has 0 aliphatic carbocycles. The van der Waals surface area contributed by atoms with E-state index in [-0.39, 0.29) is 6.17 Å². The maximum Gasteiger partial charge on any atom is 0.159 e. The molecule has 1 unspecified atom stereocenters. The molecule has 6 heteroatoms. The topological polar surface area (TPSA) is 49.6 Å². The van der Waals surface area contributed by atoms with Gasteiger partial charge in [0.05, 0.1) is 10.2 Å². The molecular weight excluding hydrogens is 577 g/mol. The summed E-state index contributed by atoms with van der Waals surface area (Å²) in [5, 5.41) is 9.46. The second-order valence-electron chi connectivity index (χ2n) is 10.9. The number of amidine groups is 2. The Bertz CT molecular complexity index is 2420. The molecule has 0 saturated heterocycles. The molecule has 1 N–H and O–H groups in total. The number of thiophene rings is 1. The minimum atomic E-state index is -0.227. The maximum atomic E-state index is 5.23. The van der Waals surface area contributed by atoms with Crippen molar-refractivity contribution in [2.45, 2.75) is 6.17 Å². The molecule has 1 aliphatic rings. The Labute approximate surface area is 261 Å². The quantitative estimate of drug-likeness (QED) is 0.219. The van der Waals surface area contributed by atoms with Crippen molar-refractivity contribution in [3.63, 3.8) is 0 Å². The second kappa shape index (κ2) is 10.2. The van der Waals surface area contributed by atoms with Crippen LogP contribution in [0.15, 0.2) is 143 Å². The molecule has 6 aromatic carbocycles. The van der Waals surface area contributed by atoms with E-state index in [1.54, 1.807) is 11.3 Å². The Morgan fingerprint density at radius 2 is 1.39 bits per heavy atom. The van der Waals surface area contributed by atoms with Crippen LogP contribution in [0, 0.1) is 0 Å². The Hall–Kier alpha value is -5.17. The fraction of sp³-hybridized carbons (Fsp3) is 0.0263. The maximum absolute atomic E-state index is 5.23. The third-order valence-electron chi connectivity index (χ3n) is 8.17. The monoisotopic (exact) mass is 600 g/mol. The van der Waals surface area contributed by atoms with Crippen LogP contribution < -0.4 is 5.32 Å². The van der Waals surface area contributed by atoms with Gasteiger partial charge in [0.1, 0.15) is 17.0 Å². The van der Waals surface area contributed by atoms with Crippen LogP contribution >= 0.6 is 22.7 Å². The van der Waals surface area contributed by atoms with Gasteiger partial charge in [-0.05, 0) is 29.1 Å². The van der Waals surface area contributed by atoms with Crippen molar-refractivity contribution in [3.05, 3.63) is 150 Å². The molecule has 0 spiro atoms. The second-order valence-corrected chi connectivity index (χ2v) is 13.0. The molecule has 9 rings (SSSR count). The number of nitrogens with one attached hydrogen (secondary N) is 1.